The number of anilines is 1. The van der Waals surface area contributed by atoms with E-state index in [1.807, 2.05) is 13.8 Å². The Hall–Kier alpha value is -1.60. The maximum absolute atomic E-state index is 12.5. The van der Waals surface area contributed by atoms with E-state index in [2.05, 4.69) is 0 Å². The van der Waals surface area contributed by atoms with Crippen molar-refractivity contribution >= 4 is 21.7 Å². The number of hydrogen-bond acceptors (Lipinski definition) is 4. The summed E-state index contributed by atoms with van der Waals surface area (Å²) < 4.78 is 31.2. The van der Waals surface area contributed by atoms with Crippen LogP contribution < -0.4 is 4.31 Å². The lowest BCUT2D eigenvalue weighted by atomic mass is 10.1. The maximum Gasteiger partial charge on any atom is 0.327 e. The monoisotopic (exact) mass is 313 g/mol. The molecule has 6 nitrogen and oxygen atoms in total. The highest BCUT2D eigenvalue weighted by Gasteiger charge is 2.41. The van der Waals surface area contributed by atoms with Crippen molar-refractivity contribution in [1.29, 1.82) is 0 Å². The molecule has 0 aromatic heterocycles. The van der Waals surface area contributed by atoms with Crippen molar-refractivity contribution in [3.8, 4) is 0 Å². The standard InChI is InChI=1S/C14H19NO5S/c1-10(2)20-7-8-21(18,19)15-12-6-4-3-5-11(12)9-13(15)14(16)17/h3-6,10,13H,7-9H2,1-2H3,(H,16,17). The van der Waals surface area contributed by atoms with Crippen LogP contribution in [0.15, 0.2) is 24.3 Å². The Labute approximate surface area is 124 Å². The highest BCUT2D eigenvalue weighted by molar-refractivity contribution is 7.92. The molecule has 7 heteroatoms. The van der Waals surface area contributed by atoms with Crippen LogP contribution in [0.3, 0.4) is 0 Å². The van der Waals surface area contributed by atoms with Crippen molar-refractivity contribution in [2.75, 3.05) is 16.7 Å². The molecule has 1 aromatic rings. The third-order valence-electron chi connectivity index (χ3n) is 3.30. The predicted octanol–water partition coefficient (Wildman–Crippen LogP) is 1.26. The Kier molecular flexibility index (Phi) is 4.53. The van der Waals surface area contributed by atoms with Crippen molar-refractivity contribution < 1.29 is 23.1 Å². The van der Waals surface area contributed by atoms with Gasteiger partial charge in [-0.15, -0.1) is 0 Å². The van der Waals surface area contributed by atoms with Crippen molar-refractivity contribution in [3.63, 3.8) is 0 Å². The van der Waals surface area contributed by atoms with Gasteiger partial charge in [0, 0.05) is 6.42 Å². The summed E-state index contributed by atoms with van der Waals surface area (Å²) in [5, 5.41) is 9.30. The molecule has 0 bridgehead atoms. The molecule has 1 atom stereocenters. The van der Waals surface area contributed by atoms with Gasteiger partial charge in [0.05, 0.1) is 24.2 Å². The molecular formula is C14H19NO5S. The molecule has 1 N–H and O–H groups in total. The van der Waals surface area contributed by atoms with E-state index in [1.165, 1.54) is 0 Å². The molecule has 0 amide bonds. The number of carboxylic acids is 1. The zero-order valence-electron chi connectivity index (χ0n) is 12.0. The Morgan fingerprint density at radius 3 is 2.71 bits per heavy atom. The van der Waals surface area contributed by atoms with E-state index in [-0.39, 0.29) is 24.9 Å². The van der Waals surface area contributed by atoms with Crippen LogP contribution in [0, 0.1) is 0 Å². The molecule has 2 rings (SSSR count). The lowest BCUT2D eigenvalue weighted by Crippen LogP contribution is -2.44. The number of nitrogens with zero attached hydrogens (tertiary/aromatic N) is 1. The second-order valence-electron chi connectivity index (χ2n) is 5.22. The van der Waals surface area contributed by atoms with E-state index >= 15 is 0 Å². The van der Waals surface area contributed by atoms with Gasteiger partial charge < -0.3 is 9.84 Å². The lowest BCUT2D eigenvalue weighted by Gasteiger charge is -2.24. The minimum Gasteiger partial charge on any atom is -0.480 e. The molecule has 0 spiro atoms. The fourth-order valence-corrected chi connectivity index (χ4v) is 3.91. The summed E-state index contributed by atoms with van der Waals surface area (Å²) >= 11 is 0. The number of rotatable bonds is 6. The third-order valence-corrected chi connectivity index (χ3v) is 5.04. The molecule has 0 saturated heterocycles. The van der Waals surface area contributed by atoms with Crippen LogP contribution in [-0.2, 0) is 26.0 Å². The molecule has 0 aliphatic carbocycles. The third kappa shape index (κ3) is 3.36. The smallest absolute Gasteiger partial charge is 0.327 e. The van der Waals surface area contributed by atoms with E-state index in [9.17, 15) is 18.3 Å². The first-order valence-corrected chi connectivity index (χ1v) is 8.38. The highest BCUT2D eigenvalue weighted by Crippen LogP contribution is 2.34. The van der Waals surface area contributed by atoms with E-state index in [0.717, 1.165) is 9.87 Å². The maximum atomic E-state index is 12.5. The number of hydrogen-bond donors (Lipinski definition) is 1. The molecule has 1 aliphatic heterocycles. The number of carbonyl (C=O) groups is 1. The van der Waals surface area contributed by atoms with E-state index < -0.39 is 22.0 Å². The zero-order chi connectivity index (χ0) is 15.6. The van der Waals surface area contributed by atoms with Gasteiger partial charge in [0.15, 0.2) is 0 Å². The Bertz CT molecular complexity index is 626. The van der Waals surface area contributed by atoms with Gasteiger partial charge >= 0.3 is 5.97 Å². The molecule has 1 aliphatic rings. The van der Waals surface area contributed by atoms with Crippen LogP contribution in [0.2, 0.25) is 0 Å². The van der Waals surface area contributed by atoms with Crippen LogP contribution in [0.25, 0.3) is 0 Å². The van der Waals surface area contributed by atoms with E-state index in [4.69, 9.17) is 4.74 Å². The zero-order valence-corrected chi connectivity index (χ0v) is 12.8. The van der Waals surface area contributed by atoms with Crippen LogP contribution in [0.4, 0.5) is 5.69 Å². The number of aliphatic carboxylic acids is 1. The van der Waals surface area contributed by atoms with Crippen LogP contribution in [0.1, 0.15) is 19.4 Å². The largest absolute Gasteiger partial charge is 0.480 e. The quantitative estimate of drug-likeness (QED) is 0.854. The molecule has 21 heavy (non-hydrogen) atoms. The average molecular weight is 313 g/mol. The summed E-state index contributed by atoms with van der Waals surface area (Å²) in [6, 6.07) is 5.79. The molecule has 1 aromatic carbocycles. The van der Waals surface area contributed by atoms with Crippen LogP contribution in [-0.4, -0.2) is 44.0 Å². The van der Waals surface area contributed by atoms with E-state index in [1.54, 1.807) is 24.3 Å². The molecule has 0 fully saturated rings. The number of fused-ring (bicyclic) bond motifs is 1. The number of ether oxygens (including phenoxy) is 1. The predicted molar refractivity (Wildman–Crippen MR) is 78.9 cm³/mol. The molecular weight excluding hydrogens is 294 g/mol. The Morgan fingerprint density at radius 1 is 1.43 bits per heavy atom. The van der Waals surface area contributed by atoms with Gasteiger partial charge in [-0.1, -0.05) is 18.2 Å². The first-order chi connectivity index (χ1) is 9.83. The number of para-hydroxylation sites is 1. The summed E-state index contributed by atoms with van der Waals surface area (Å²) in [6.07, 6.45) is 0.122. The minimum absolute atomic E-state index is 0.0466. The Balaban J connectivity index is 2.27. The van der Waals surface area contributed by atoms with Crippen molar-refractivity contribution in [2.45, 2.75) is 32.4 Å². The van der Waals surface area contributed by atoms with Gasteiger partial charge in [-0.25, -0.2) is 13.2 Å². The van der Waals surface area contributed by atoms with Gasteiger partial charge in [0.25, 0.3) is 0 Å². The van der Waals surface area contributed by atoms with Crippen LogP contribution in [0.5, 0.6) is 0 Å². The molecule has 0 radical (unpaired) electrons. The number of sulfonamides is 1. The fourth-order valence-electron chi connectivity index (χ4n) is 2.38. The van der Waals surface area contributed by atoms with Gasteiger partial charge in [-0.05, 0) is 25.5 Å². The first kappa shape index (κ1) is 15.8. The van der Waals surface area contributed by atoms with Crippen molar-refractivity contribution in [1.82, 2.24) is 0 Å². The van der Waals surface area contributed by atoms with Crippen molar-refractivity contribution in [3.05, 3.63) is 29.8 Å². The number of carboxylic acid groups (broad SMARTS) is 1. The minimum atomic E-state index is -3.74. The van der Waals surface area contributed by atoms with Crippen molar-refractivity contribution in [2.24, 2.45) is 0 Å². The lowest BCUT2D eigenvalue weighted by molar-refractivity contribution is -0.138. The topological polar surface area (TPSA) is 83.9 Å². The summed E-state index contributed by atoms with van der Waals surface area (Å²) in [4.78, 5) is 11.4. The van der Waals surface area contributed by atoms with Gasteiger partial charge in [-0.3, -0.25) is 4.31 Å². The van der Waals surface area contributed by atoms with E-state index in [0.29, 0.717) is 5.69 Å². The highest BCUT2D eigenvalue weighted by atomic mass is 32.2. The molecule has 1 heterocycles. The first-order valence-electron chi connectivity index (χ1n) is 6.77. The number of benzene rings is 1. The average Bonchev–Trinajstić information content (AvgIpc) is 2.78. The second-order valence-corrected chi connectivity index (χ2v) is 7.18. The molecule has 116 valence electrons. The second kappa shape index (κ2) is 6.03. The fraction of sp³-hybridized carbons (Fsp3) is 0.500. The van der Waals surface area contributed by atoms with Gasteiger partial charge in [0.2, 0.25) is 10.0 Å². The van der Waals surface area contributed by atoms with Gasteiger partial charge in [-0.2, -0.15) is 0 Å². The molecule has 0 saturated carbocycles. The van der Waals surface area contributed by atoms with Gasteiger partial charge in [0.1, 0.15) is 6.04 Å². The molecule has 1 unspecified atom stereocenters. The summed E-state index contributed by atoms with van der Waals surface area (Å²) in [5.41, 5.74) is 1.19. The summed E-state index contributed by atoms with van der Waals surface area (Å²) in [5.74, 6) is -1.37. The van der Waals surface area contributed by atoms with Crippen LogP contribution >= 0.6 is 0 Å². The SMILES string of the molecule is CC(C)OCCS(=O)(=O)N1c2ccccc2CC1C(=O)O. The summed E-state index contributed by atoms with van der Waals surface area (Å²) in [6.45, 7) is 3.68. The summed E-state index contributed by atoms with van der Waals surface area (Å²) in [7, 11) is -3.74. The normalized spacial score (nSPS) is 18.0. The Morgan fingerprint density at radius 2 is 2.10 bits per heavy atom.